The molecule has 4 heteroatoms. The van der Waals surface area contributed by atoms with Crippen molar-refractivity contribution in [2.24, 2.45) is 0 Å². The Hall–Kier alpha value is 2.83. The third-order valence-electron chi connectivity index (χ3n) is 0.553. The van der Waals surface area contributed by atoms with Crippen LogP contribution in [0.5, 0.6) is 0 Å². The number of rotatable bonds is 3. The van der Waals surface area contributed by atoms with Crippen LogP contribution in [0.15, 0.2) is 0 Å². The predicted molar refractivity (Wildman–Crippen MR) is 79.2 cm³/mol. The maximum absolute atomic E-state index is 4.63. The van der Waals surface area contributed by atoms with Gasteiger partial charge in [0.2, 0.25) is 0 Å². The first-order valence-electron chi connectivity index (χ1n) is 2.89. The Labute approximate surface area is 189 Å². The summed E-state index contributed by atoms with van der Waals surface area (Å²) in [5.41, 5.74) is 0. The molecule has 109 valence electrons. The first-order chi connectivity index (χ1) is 4.33. The minimum Gasteiger partial charge on any atom is -0.417 e. The molecule has 0 atom stereocenters. The molecular weight excluding hydrogens is 363 g/mol. The fourth-order valence-electron chi connectivity index (χ4n) is 0.144. The third-order valence-corrected chi connectivity index (χ3v) is 0.553. The quantitative estimate of drug-likeness (QED) is 0.673. The summed E-state index contributed by atoms with van der Waals surface area (Å²) >= 11 is 0. The minimum atomic E-state index is 0. The number of methoxy groups -OCH3 is 2. The Morgan fingerprint density at radius 3 is 1.06 bits per heavy atom. The van der Waals surface area contributed by atoms with Crippen molar-refractivity contribution >= 4 is 0 Å². The first-order valence-corrected chi connectivity index (χ1v) is 2.89. The predicted octanol–water partition coefficient (Wildman–Crippen LogP) is 1.96. The largest absolute Gasteiger partial charge is 1.00 e. The zero-order valence-corrected chi connectivity index (χ0v) is 16.7. The number of hydrogen-bond donors (Lipinski definition) is 0. The Balaban J connectivity index is -0.00000000494. The van der Waals surface area contributed by atoms with Crippen molar-refractivity contribution in [2.75, 3.05) is 27.4 Å². The van der Waals surface area contributed by atoms with Crippen molar-refractivity contribution in [3.05, 3.63) is 21.3 Å². The maximum atomic E-state index is 4.63. The Kier molecular flexibility index (Phi) is 418. The van der Waals surface area contributed by atoms with Crippen LogP contribution in [0.4, 0.5) is 0 Å². The fourth-order valence-corrected chi connectivity index (χ4v) is 0.144. The molecule has 0 unspecified atom stereocenters. The topological polar surface area (TPSA) is 18.5 Å². The molecule has 0 spiro atoms. The van der Waals surface area contributed by atoms with Gasteiger partial charge in [-0.25, -0.2) is 0 Å². The van der Waals surface area contributed by atoms with Gasteiger partial charge in [-0.3, -0.25) is 0 Å². The average Bonchev–Trinajstić information content (AvgIpc) is 1.91. The molecule has 0 bridgehead atoms. The molecule has 17 heavy (non-hydrogen) atoms. The number of ether oxygens (including phenoxy) is 2. The van der Waals surface area contributed by atoms with Gasteiger partial charge in [0.05, 0.1) is 0 Å². The van der Waals surface area contributed by atoms with E-state index in [4.69, 9.17) is 0 Å². The summed E-state index contributed by atoms with van der Waals surface area (Å²) in [5, 5.41) is 0. The van der Waals surface area contributed by atoms with Crippen molar-refractivity contribution in [3.8, 4) is 0 Å². The van der Waals surface area contributed by atoms with E-state index in [2.05, 4.69) is 23.3 Å². The van der Waals surface area contributed by atoms with Crippen LogP contribution in [0.3, 0.4) is 0 Å². The summed E-state index contributed by atoms with van der Waals surface area (Å²) in [5.74, 6) is 0. The molecule has 0 aliphatic carbocycles. The van der Waals surface area contributed by atoms with Gasteiger partial charge in [0.25, 0.3) is 0 Å². The van der Waals surface area contributed by atoms with Gasteiger partial charge in [-0.1, -0.05) is 43.7 Å². The molecule has 0 saturated heterocycles. The molecule has 0 rings (SSSR count). The normalized spacial score (nSPS) is 4.24. The first kappa shape index (κ1) is 72.8. The van der Waals surface area contributed by atoms with Gasteiger partial charge >= 0.3 is 58.2 Å². The van der Waals surface area contributed by atoms with Crippen LogP contribution in [0, 0.1) is 21.3 Å². The van der Waals surface area contributed by atoms with E-state index in [1.54, 1.807) is 14.2 Å². The van der Waals surface area contributed by atoms with Gasteiger partial charge in [-0.05, 0) is 0 Å². The molecule has 0 saturated carbocycles. The Bertz CT molecular complexity index is 38.6. The van der Waals surface area contributed by atoms with E-state index in [1.807, 2.05) is 0 Å². The van der Waals surface area contributed by atoms with E-state index in [-0.39, 0.29) is 135 Å². The van der Waals surface area contributed by atoms with Crippen LogP contribution in [0.25, 0.3) is 0 Å². The number of hydrogen-bond acceptors (Lipinski definition) is 2. The second-order valence-corrected chi connectivity index (χ2v) is 1.34. The van der Waals surface area contributed by atoms with E-state index in [0.717, 1.165) is 13.0 Å². The van der Waals surface area contributed by atoms with Crippen LogP contribution < -0.4 is 58.2 Å². The van der Waals surface area contributed by atoms with Crippen LogP contribution in [-0.4, -0.2) is 27.4 Å². The standard InChI is InChI=1S/C4H9O.C3H7O.5CH4.CH3.Rb.Y/c1-3-4-5-2;1-3-4-2;;;;;;;;/h1,3-4H2,2H3;1,3H2,2H3;5*1H4;1H3;;/q2*-1;;;;;;-1;+1;. The second kappa shape index (κ2) is 97.6. The summed E-state index contributed by atoms with van der Waals surface area (Å²) in [7, 11) is 3.29. The van der Waals surface area contributed by atoms with Gasteiger partial charge < -0.3 is 30.7 Å². The summed E-state index contributed by atoms with van der Waals surface area (Å²) in [6.45, 7) is 8.28. The molecule has 0 aliphatic heterocycles. The summed E-state index contributed by atoms with van der Waals surface area (Å²) in [4.78, 5) is 0. The molecule has 2 nitrogen and oxygen atoms in total. The smallest absolute Gasteiger partial charge is 0.417 e. The second-order valence-electron chi connectivity index (χ2n) is 1.34. The van der Waals surface area contributed by atoms with Crippen LogP contribution >= 0.6 is 0 Å². The molecule has 0 N–H and O–H groups in total. The molecule has 0 aromatic heterocycles. The minimum absolute atomic E-state index is 0. The van der Waals surface area contributed by atoms with E-state index in [9.17, 15) is 0 Å². The van der Waals surface area contributed by atoms with Gasteiger partial charge in [-0.15, -0.1) is 0 Å². The zero-order chi connectivity index (χ0) is 7.54. The van der Waals surface area contributed by atoms with Crippen LogP contribution in [0.2, 0.25) is 0 Å². The van der Waals surface area contributed by atoms with Gasteiger partial charge in [0.1, 0.15) is 0 Å². The molecule has 0 heterocycles. The fraction of sp³-hybridized carbons (Fsp3) is 0.769. The van der Waals surface area contributed by atoms with Crippen molar-refractivity contribution in [1.29, 1.82) is 0 Å². The van der Waals surface area contributed by atoms with Crippen molar-refractivity contribution in [3.63, 3.8) is 0 Å². The van der Waals surface area contributed by atoms with E-state index in [0.29, 0.717) is 6.61 Å². The van der Waals surface area contributed by atoms with Crippen LogP contribution in [-0.2, 0) is 42.2 Å². The van der Waals surface area contributed by atoms with Crippen molar-refractivity contribution in [2.45, 2.75) is 43.6 Å². The van der Waals surface area contributed by atoms with Crippen molar-refractivity contribution in [1.82, 2.24) is 0 Å². The van der Waals surface area contributed by atoms with Gasteiger partial charge in [0, 0.05) is 53.5 Å². The van der Waals surface area contributed by atoms with E-state index in [1.165, 1.54) is 0 Å². The molecule has 0 amide bonds. The van der Waals surface area contributed by atoms with Crippen LogP contribution in [0.1, 0.15) is 43.6 Å². The third kappa shape index (κ3) is 157. The zero-order valence-electron chi connectivity index (χ0n) is 8.93. The summed E-state index contributed by atoms with van der Waals surface area (Å²) < 4.78 is 9.06. The molecular formula is C13H39O2RbY-2. The average molecular weight is 402 g/mol. The maximum Gasteiger partial charge on any atom is 1.00 e. The molecule has 0 aliphatic rings. The SMILES string of the molecule is C.C.C.C.C.[CH2-]CCOC.[CH2-]COC.[CH3-].[Rb+].[Y]. The van der Waals surface area contributed by atoms with Gasteiger partial charge in [-0.2, -0.15) is 6.42 Å². The monoisotopic (exact) mass is 401 g/mol. The summed E-state index contributed by atoms with van der Waals surface area (Å²) in [6.07, 6.45) is 0.872. The molecule has 0 fully saturated rings. The van der Waals surface area contributed by atoms with Gasteiger partial charge in [0.15, 0.2) is 0 Å². The summed E-state index contributed by atoms with van der Waals surface area (Å²) in [6, 6.07) is 0. The molecule has 1 radical (unpaired) electrons. The van der Waals surface area contributed by atoms with E-state index < -0.39 is 0 Å². The molecule has 0 aromatic rings. The van der Waals surface area contributed by atoms with Crippen molar-refractivity contribution < 1.29 is 100 Å². The Morgan fingerprint density at radius 1 is 0.824 bits per heavy atom. The van der Waals surface area contributed by atoms with E-state index >= 15 is 0 Å². The molecule has 0 aromatic carbocycles. The Morgan fingerprint density at radius 2 is 1.06 bits per heavy atom.